The first-order valence-corrected chi connectivity index (χ1v) is 9.68. The van der Waals surface area contributed by atoms with Gasteiger partial charge in [0.15, 0.2) is 0 Å². The van der Waals surface area contributed by atoms with E-state index in [9.17, 15) is 13.2 Å². The first kappa shape index (κ1) is 16.9. The lowest BCUT2D eigenvalue weighted by Crippen LogP contribution is -2.49. The molecule has 0 bridgehead atoms. The molecule has 9 heteroatoms. The highest BCUT2D eigenvalue weighted by atomic mass is 32.2. The third-order valence-corrected chi connectivity index (χ3v) is 6.79. The number of rotatable bonds is 4. The van der Waals surface area contributed by atoms with E-state index in [0.717, 1.165) is 17.2 Å². The second-order valence-corrected chi connectivity index (χ2v) is 8.01. The summed E-state index contributed by atoms with van der Waals surface area (Å²) in [6, 6.07) is 7.10. The fourth-order valence-corrected chi connectivity index (χ4v) is 5.31. The SMILES string of the molecule is COC(=O)c1sccc1S(=O)(=O)N1CCN(c2ccccn2)CC1. The molecule has 3 rings (SSSR count). The van der Waals surface area contributed by atoms with Crippen molar-refractivity contribution in [3.05, 3.63) is 40.7 Å². The molecule has 3 heterocycles. The summed E-state index contributed by atoms with van der Waals surface area (Å²) >= 11 is 1.07. The Balaban J connectivity index is 1.76. The van der Waals surface area contributed by atoms with Crippen LogP contribution in [0.3, 0.4) is 0 Å². The zero-order chi connectivity index (χ0) is 17.2. The minimum Gasteiger partial charge on any atom is -0.465 e. The monoisotopic (exact) mass is 367 g/mol. The number of hydrogen-bond donors (Lipinski definition) is 0. The summed E-state index contributed by atoms with van der Waals surface area (Å²) in [4.78, 5) is 18.2. The summed E-state index contributed by atoms with van der Waals surface area (Å²) in [6.07, 6.45) is 1.71. The van der Waals surface area contributed by atoms with E-state index in [4.69, 9.17) is 0 Å². The van der Waals surface area contributed by atoms with Crippen LogP contribution in [0, 0.1) is 0 Å². The van der Waals surface area contributed by atoms with Gasteiger partial charge in [0.1, 0.15) is 15.6 Å². The van der Waals surface area contributed by atoms with Crippen LogP contribution in [0.1, 0.15) is 9.67 Å². The molecular weight excluding hydrogens is 350 g/mol. The van der Waals surface area contributed by atoms with Crippen LogP contribution in [-0.4, -0.2) is 57.0 Å². The van der Waals surface area contributed by atoms with Gasteiger partial charge >= 0.3 is 5.97 Å². The highest BCUT2D eigenvalue weighted by Crippen LogP contribution is 2.27. The summed E-state index contributed by atoms with van der Waals surface area (Å²) in [5, 5.41) is 1.59. The number of ether oxygens (including phenoxy) is 1. The number of esters is 1. The standard InChI is InChI=1S/C15H17N3O4S2/c1-22-15(19)14-12(5-11-23-14)24(20,21)18-9-7-17(8-10-18)13-4-2-3-6-16-13/h2-6,11H,7-10H2,1H3. The third kappa shape index (κ3) is 3.14. The summed E-state index contributed by atoms with van der Waals surface area (Å²) < 4.78 is 31.7. The van der Waals surface area contributed by atoms with E-state index in [0.29, 0.717) is 26.2 Å². The zero-order valence-corrected chi connectivity index (χ0v) is 14.7. The Morgan fingerprint density at radius 2 is 1.96 bits per heavy atom. The number of carbonyl (C=O) groups excluding carboxylic acids is 1. The van der Waals surface area contributed by atoms with E-state index in [1.165, 1.54) is 17.5 Å². The van der Waals surface area contributed by atoms with Gasteiger partial charge in [-0.2, -0.15) is 4.31 Å². The topological polar surface area (TPSA) is 79.8 Å². The quantitative estimate of drug-likeness (QED) is 0.761. The van der Waals surface area contributed by atoms with Crippen LogP contribution in [-0.2, 0) is 14.8 Å². The molecule has 0 unspecified atom stereocenters. The van der Waals surface area contributed by atoms with Gasteiger partial charge in [-0.3, -0.25) is 0 Å². The number of pyridine rings is 1. The predicted molar refractivity (Wildman–Crippen MR) is 90.9 cm³/mol. The van der Waals surface area contributed by atoms with Crippen molar-refractivity contribution in [1.82, 2.24) is 9.29 Å². The number of nitrogens with zero attached hydrogens (tertiary/aromatic N) is 3. The molecule has 0 aromatic carbocycles. The summed E-state index contributed by atoms with van der Waals surface area (Å²) in [5.74, 6) is 0.205. The fraction of sp³-hybridized carbons (Fsp3) is 0.333. The number of aromatic nitrogens is 1. The number of methoxy groups -OCH3 is 1. The normalized spacial score (nSPS) is 16.1. The first-order chi connectivity index (χ1) is 11.5. The molecule has 1 fully saturated rings. The Hall–Kier alpha value is -1.97. The van der Waals surface area contributed by atoms with Gasteiger partial charge in [0.05, 0.1) is 7.11 Å². The number of anilines is 1. The van der Waals surface area contributed by atoms with Gasteiger partial charge in [-0.25, -0.2) is 18.2 Å². The summed E-state index contributed by atoms with van der Waals surface area (Å²) in [7, 11) is -2.47. The van der Waals surface area contributed by atoms with Gasteiger partial charge in [-0.1, -0.05) is 6.07 Å². The molecule has 0 amide bonds. The largest absolute Gasteiger partial charge is 0.465 e. The molecule has 24 heavy (non-hydrogen) atoms. The Morgan fingerprint density at radius 1 is 1.21 bits per heavy atom. The molecule has 0 radical (unpaired) electrons. The maximum atomic E-state index is 12.8. The lowest BCUT2D eigenvalue weighted by molar-refractivity contribution is 0.0602. The van der Waals surface area contributed by atoms with Crippen LogP contribution < -0.4 is 4.90 Å². The fourth-order valence-electron chi connectivity index (χ4n) is 2.58. The van der Waals surface area contributed by atoms with Crippen LogP contribution in [0.25, 0.3) is 0 Å². The van der Waals surface area contributed by atoms with Crippen molar-refractivity contribution in [3.63, 3.8) is 0 Å². The second-order valence-electron chi connectivity index (χ2n) is 5.18. The van der Waals surface area contributed by atoms with Gasteiger partial charge in [0.25, 0.3) is 0 Å². The molecule has 1 aliphatic rings. The van der Waals surface area contributed by atoms with Crippen molar-refractivity contribution in [2.45, 2.75) is 4.90 Å². The summed E-state index contributed by atoms with van der Waals surface area (Å²) in [6.45, 7) is 1.78. The third-order valence-electron chi connectivity index (χ3n) is 3.83. The van der Waals surface area contributed by atoms with Gasteiger partial charge in [-0.05, 0) is 23.6 Å². The Morgan fingerprint density at radius 3 is 2.58 bits per heavy atom. The number of thiophene rings is 1. The molecular formula is C15H17N3O4S2. The average molecular weight is 367 g/mol. The van der Waals surface area contributed by atoms with Crippen molar-refractivity contribution < 1.29 is 17.9 Å². The molecule has 7 nitrogen and oxygen atoms in total. The van der Waals surface area contributed by atoms with Crippen molar-refractivity contribution in [2.24, 2.45) is 0 Å². The molecule has 2 aromatic rings. The minimum atomic E-state index is -3.71. The Labute approximate surface area is 144 Å². The van der Waals surface area contributed by atoms with Crippen molar-refractivity contribution in [3.8, 4) is 0 Å². The van der Waals surface area contributed by atoms with E-state index >= 15 is 0 Å². The Bertz CT molecular complexity index is 812. The van der Waals surface area contributed by atoms with E-state index < -0.39 is 16.0 Å². The number of hydrogen-bond acceptors (Lipinski definition) is 7. The number of carbonyl (C=O) groups is 1. The van der Waals surface area contributed by atoms with Gasteiger partial charge in [0, 0.05) is 32.4 Å². The minimum absolute atomic E-state index is 0.0191. The molecule has 2 aromatic heterocycles. The van der Waals surface area contributed by atoms with Crippen LogP contribution in [0.5, 0.6) is 0 Å². The van der Waals surface area contributed by atoms with Crippen molar-refractivity contribution >= 4 is 33.1 Å². The average Bonchev–Trinajstić information content (AvgIpc) is 3.12. The van der Waals surface area contributed by atoms with Crippen LogP contribution in [0.15, 0.2) is 40.7 Å². The van der Waals surface area contributed by atoms with E-state index in [1.54, 1.807) is 11.6 Å². The lowest BCUT2D eigenvalue weighted by atomic mass is 10.3. The molecule has 0 aliphatic carbocycles. The van der Waals surface area contributed by atoms with E-state index in [-0.39, 0.29) is 9.77 Å². The lowest BCUT2D eigenvalue weighted by Gasteiger charge is -2.34. The first-order valence-electron chi connectivity index (χ1n) is 7.36. The van der Waals surface area contributed by atoms with Crippen LogP contribution >= 0.6 is 11.3 Å². The Kier molecular flexibility index (Phi) is 4.83. The maximum absolute atomic E-state index is 12.8. The van der Waals surface area contributed by atoms with Crippen LogP contribution in [0.2, 0.25) is 0 Å². The van der Waals surface area contributed by atoms with E-state index in [1.807, 2.05) is 23.1 Å². The molecule has 0 spiro atoms. The number of sulfonamides is 1. The van der Waals surface area contributed by atoms with Crippen LogP contribution in [0.4, 0.5) is 5.82 Å². The van der Waals surface area contributed by atoms with Gasteiger partial charge in [0.2, 0.25) is 10.0 Å². The zero-order valence-electron chi connectivity index (χ0n) is 13.1. The van der Waals surface area contributed by atoms with E-state index in [2.05, 4.69) is 9.72 Å². The highest BCUT2D eigenvalue weighted by Gasteiger charge is 2.33. The highest BCUT2D eigenvalue weighted by molar-refractivity contribution is 7.89. The predicted octanol–water partition coefficient (Wildman–Crippen LogP) is 1.44. The molecule has 0 atom stereocenters. The van der Waals surface area contributed by atoms with Gasteiger partial charge in [-0.15, -0.1) is 11.3 Å². The molecule has 1 saturated heterocycles. The molecule has 0 N–H and O–H groups in total. The molecule has 0 saturated carbocycles. The second kappa shape index (κ2) is 6.88. The molecule has 128 valence electrons. The van der Waals surface area contributed by atoms with Crippen molar-refractivity contribution in [1.29, 1.82) is 0 Å². The summed E-state index contributed by atoms with van der Waals surface area (Å²) in [5.41, 5.74) is 0. The van der Waals surface area contributed by atoms with Crippen molar-refractivity contribution in [2.75, 3.05) is 38.2 Å². The molecule has 1 aliphatic heterocycles. The smallest absolute Gasteiger partial charge is 0.349 e. The van der Waals surface area contributed by atoms with Gasteiger partial charge < -0.3 is 9.64 Å². The number of piperazine rings is 1. The maximum Gasteiger partial charge on any atom is 0.349 e.